The Morgan fingerprint density at radius 3 is 2.08 bits per heavy atom. The second kappa shape index (κ2) is 6.40. The predicted molar refractivity (Wildman–Crippen MR) is 99.6 cm³/mol. The molecule has 4 rings (SSSR count). The fourth-order valence-corrected chi connectivity index (χ4v) is 2.81. The van der Waals surface area contributed by atoms with E-state index in [2.05, 4.69) is 47.2 Å². The van der Waals surface area contributed by atoms with Gasteiger partial charge in [-0.15, -0.1) is 0 Å². The average molecular weight is 305 g/mol. The van der Waals surface area contributed by atoms with Crippen LogP contribution in [0.1, 0.15) is 11.3 Å². The van der Waals surface area contributed by atoms with Gasteiger partial charge in [-0.2, -0.15) is 0 Å². The summed E-state index contributed by atoms with van der Waals surface area (Å²) in [7, 11) is 0. The first-order valence-corrected chi connectivity index (χ1v) is 7.92. The van der Waals surface area contributed by atoms with Crippen LogP contribution in [-0.2, 0) is 0 Å². The number of fused-ring (bicyclic) bond motifs is 1. The highest BCUT2D eigenvalue weighted by molar-refractivity contribution is 5.98. The molecule has 0 aliphatic carbocycles. The summed E-state index contributed by atoms with van der Waals surface area (Å²) in [5, 5.41) is 2.30. The standard InChI is InChI=1S/C23H15N/c1-3-9-18(10-4-1)15-16-22-23(19-11-5-2-6-12-19)21-14-8-7-13-20(21)17-24-22/h1-14,17H. The molecule has 0 aliphatic heterocycles. The quantitative estimate of drug-likeness (QED) is 0.435. The largest absolute Gasteiger partial charge is 0.246 e. The minimum absolute atomic E-state index is 0.809. The molecule has 0 saturated carbocycles. The van der Waals surface area contributed by atoms with Crippen LogP contribution in [-0.4, -0.2) is 4.98 Å². The van der Waals surface area contributed by atoms with Crippen LogP contribution in [0.4, 0.5) is 0 Å². The lowest BCUT2D eigenvalue weighted by Gasteiger charge is -2.09. The number of hydrogen-bond acceptors (Lipinski definition) is 1. The molecular formula is C23H15N. The van der Waals surface area contributed by atoms with E-state index in [4.69, 9.17) is 0 Å². The Kier molecular flexibility index (Phi) is 3.80. The van der Waals surface area contributed by atoms with Crippen LogP contribution < -0.4 is 0 Å². The first kappa shape index (κ1) is 14.2. The molecule has 0 bridgehead atoms. The number of pyridine rings is 1. The maximum absolute atomic E-state index is 4.62. The van der Waals surface area contributed by atoms with Crippen molar-refractivity contribution in [1.82, 2.24) is 4.98 Å². The lowest BCUT2D eigenvalue weighted by molar-refractivity contribution is 1.32. The molecule has 112 valence electrons. The maximum Gasteiger partial charge on any atom is 0.121 e. The molecule has 0 unspecified atom stereocenters. The maximum atomic E-state index is 4.62. The SMILES string of the molecule is C(#Cc1ncc2ccccc2c1-c1ccccc1)c1ccccc1. The van der Waals surface area contributed by atoms with E-state index in [9.17, 15) is 0 Å². The smallest absolute Gasteiger partial charge is 0.121 e. The van der Waals surface area contributed by atoms with Gasteiger partial charge >= 0.3 is 0 Å². The summed E-state index contributed by atoms with van der Waals surface area (Å²) < 4.78 is 0. The highest BCUT2D eigenvalue weighted by Gasteiger charge is 2.09. The van der Waals surface area contributed by atoms with Crippen LogP contribution in [0.2, 0.25) is 0 Å². The summed E-state index contributed by atoms with van der Waals surface area (Å²) >= 11 is 0. The van der Waals surface area contributed by atoms with Crippen LogP contribution in [0.3, 0.4) is 0 Å². The molecule has 0 spiro atoms. The zero-order valence-corrected chi connectivity index (χ0v) is 13.1. The minimum Gasteiger partial charge on any atom is -0.246 e. The topological polar surface area (TPSA) is 12.9 Å². The van der Waals surface area contributed by atoms with Crippen LogP contribution in [0, 0.1) is 11.8 Å². The van der Waals surface area contributed by atoms with E-state index in [0.717, 1.165) is 27.8 Å². The zero-order chi connectivity index (χ0) is 16.2. The first-order chi connectivity index (χ1) is 11.9. The first-order valence-electron chi connectivity index (χ1n) is 7.92. The van der Waals surface area contributed by atoms with Gasteiger partial charge in [-0.3, -0.25) is 0 Å². The van der Waals surface area contributed by atoms with Crippen molar-refractivity contribution < 1.29 is 0 Å². The van der Waals surface area contributed by atoms with E-state index in [1.165, 1.54) is 5.39 Å². The summed E-state index contributed by atoms with van der Waals surface area (Å²) in [6, 6.07) is 28.7. The van der Waals surface area contributed by atoms with Gasteiger partial charge < -0.3 is 0 Å². The highest BCUT2D eigenvalue weighted by Crippen LogP contribution is 2.30. The summed E-state index contributed by atoms with van der Waals surface area (Å²) in [6.45, 7) is 0. The van der Waals surface area contributed by atoms with Crippen molar-refractivity contribution in [2.45, 2.75) is 0 Å². The van der Waals surface area contributed by atoms with E-state index in [0.29, 0.717) is 0 Å². The van der Waals surface area contributed by atoms with Crippen molar-refractivity contribution in [2.75, 3.05) is 0 Å². The van der Waals surface area contributed by atoms with Gasteiger partial charge in [0.2, 0.25) is 0 Å². The zero-order valence-electron chi connectivity index (χ0n) is 13.1. The molecule has 0 radical (unpaired) electrons. The third kappa shape index (κ3) is 2.78. The molecule has 0 atom stereocenters. The Hall–Kier alpha value is -3.37. The van der Waals surface area contributed by atoms with Crippen molar-refractivity contribution in [2.24, 2.45) is 0 Å². The number of benzene rings is 3. The Balaban J connectivity index is 1.95. The van der Waals surface area contributed by atoms with Crippen LogP contribution in [0.25, 0.3) is 21.9 Å². The summed E-state index contributed by atoms with van der Waals surface area (Å²) in [4.78, 5) is 4.62. The number of rotatable bonds is 1. The van der Waals surface area contributed by atoms with Crippen molar-refractivity contribution in [3.05, 3.63) is 102 Å². The van der Waals surface area contributed by atoms with E-state index < -0.39 is 0 Å². The fourth-order valence-electron chi connectivity index (χ4n) is 2.81. The fraction of sp³-hybridized carbons (Fsp3) is 0. The van der Waals surface area contributed by atoms with Gasteiger partial charge in [0.1, 0.15) is 5.69 Å². The van der Waals surface area contributed by atoms with Crippen LogP contribution in [0.15, 0.2) is 91.1 Å². The lowest BCUT2D eigenvalue weighted by Crippen LogP contribution is -1.91. The normalized spacial score (nSPS) is 10.2. The minimum atomic E-state index is 0.809. The summed E-state index contributed by atoms with van der Waals surface area (Å²) in [5.41, 5.74) is 4.03. The summed E-state index contributed by atoms with van der Waals surface area (Å²) in [5.74, 6) is 6.48. The lowest BCUT2D eigenvalue weighted by atomic mass is 9.97. The molecule has 0 saturated heterocycles. The van der Waals surface area contributed by atoms with Gasteiger partial charge in [0.05, 0.1) is 0 Å². The van der Waals surface area contributed by atoms with Gasteiger partial charge in [0.25, 0.3) is 0 Å². The second-order valence-corrected chi connectivity index (χ2v) is 5.55. The number of nitrogens with zero attached hydrogens (tertiary/aromatic N) is 1. The monoisotopic (exact) mass is 305 g/mol. The van der Waals surface area contributed by atoms with E-state index in [1.54, 1.807) is 0 Å². The summed E-state index contributed by atoms with van der Waals surface area (Å²) in [6.07, 6.45) is 1.90. The van der Waals surface area contributed by atoms with Crippen molar-refractivity contribution in [1.29, 1.82) is 0 Å². The van der Waals surface area contributed by atoms with Gasteiger partial charge in [0.15, 0.2) is 0 Å². The molecule has 0 fully saturated rings. The molecule has 1 heteroatoms. The predicted octanol–water partition coefficient (Wildman–Crippen LogP) is 5.30. The Labute approximate surface area is 141 Å². The van der Waals surface area contributed by atoms with E-state index >= 15 is 0 Å². The Morgan fingerprint density at radius 2 is 1.29 bits per heavy atom. The molecule has 24 heavy (non-hydrogen) atoms. The van der Waals surface area contributed by atoms with Gasteiger partial charge in [-0.05, 0) is 29.0 Å². The van der Waals surface area contributed by atoms with Crippen molar-refractivity contribution in [3.63, 3.8) is 0 Å². The Morgan fingerprint density at radius 1 is 0.625 bits per heavy atom. The van der Waals surface area contributed by atoms with Crippen LogP contribution in [0.5, 0.6) is 0 Å². The molecule has 3 aromatic carbocycles. The Bertz CT molecular complexity index is 1040. The second-order valence-electron chi connectivity index (χ2n) is 5.55. The molecule has 1 nitrogen and oxygen atoms in total. The van der Waals surface area contributed by atoms with Gasteiger partial charge in [-0.1, -0.05) is 78.7 Å². The van der Waals surface area contributed by atoms with Crippen LogP contribution >= 0.6 is 0 Å². The average Bonchev–Trinajstić information content (AvgIpc) is 2.67. The molecule has 1 heterocycles. The van der Waals surface area contributed by atoms with Crippen molar-refractivity contribution in [3.8, 4) is 23.0 Å². The third-order valence-corrected chi connectivity index (χ3v) is 3.96. The van der Waals surface area contributed by atoms with Gasteiger partial charge in [0, 0.05) is 22.7 Å². The molecule has 4 aromatic rings. The number of hydrogen-bond donors (Lipinski definition) is 0. The van der Waals surface area contributed by atoms with Gasteiger partial charge in [-0.25, -0.2) is 4.98 Å². The van der Waals surface area contributed by atoms with Crippen molar-refractivity contribution >= 4 is 10.8 Å². The highest BCUT2D eigenvalue weighted by atomic mass is 14.7. The van der Waals surface area contributed by atoms with E-state index in [-0.39, 0.29) is 0 Å². The third-order valence-electron chi connectivity index (χ3n) is 3.96. The molecule has 1 aromatic heterocycles. The number of aromatic nitrogens is 1. The van der Waals surface area contributed by atoms with E-state index in [1.807, 2.05) is 60.8 Å². The molecular weight excluding hydrogens is 290 g/mol. The molecule has 0 N–H and O–H groups in total. The molecule has 0 aliphatic rings. The molecule has 0 amide bonds.